The number of nitrogen functional groups attached to an aromatic ring is 1. The Morgan fingerprint density at radius 3 is 2.60 bits per heavy atom. The molecule has 4 nitrogen and oxygen atoms in total. The number of thioether (sulfide) groups is 1. The van der Waals surface area contributed by atoms with Gasteiger partial charge in [-0.1, -0.05) is 6.42 Å². The van der Waals surface area contributed by atoms with Crippen molar-refractivity contribution in [3.05, 3.63) is 29.3 Å². The maximum Gasteiger partial charge on any atom is 0.251 e. The van der Waals surface area contributed by atoms with Crippen molar-refractivity contribution in [2.75, 3.05) is 17.7 Å². The molecule has 1 amide bonds. The maximum atomic E-state index is 13.5. The van der Waals surface area contributed by atoms with Crippen molar-refractivity contribution in [1.29, 1.82) is 0 Å². The first-order valence-corrected chi connectivity index (χ1v) is 7.52. The number of hydrogen-bond acceptors (Lipinski definition) is 4. The second kappa shape index (κ2) is 6.90. The van der Waals surface area contributed by atoms with Crippen LogP contribution in [-0.2, 0) is 0 Å². The number of amides is 1. The van der Waals surface area contributed by atoms with E-state index in [2.05, 4.69) is 5.32 Å². The first-order chi connectivity index (χ1) is 9.61. The van der Waals surface area contributed by atoms with Gasteiger partial charge >= 0.3 is 0 Å². The summed E-state index contributed by atoms with van der Waals surface area (Å²) in [6.07, 6.45) is 3.43. The number of halogens is 2. The molecule has 0 aliphatic carbocycles. The molecule has 20 heavy (non-hydrogen) atoms. The highest BCUT2D eigenvalue weighted by atomic mass is 32.2. The fraction of sp³-hybridized carbons (Fsp3) is 0.462. The molecule has 0 bridgehead atoms. The Labute approximate surface area is 120 Å². The summed E-state index contributed by atoms with van der Waals surface area (Å²) in [6.45, 7) is 0.517. The minimum Gasteiger partial charge on any atom is -0.351 e. The average molecular weight is 301 g/mol. The molecule has 110 valence electrons. The Morgan fingerprint density at radius 1 is 1.35 bits per heavy atom. The molecule has 1 atom stereocenters. The van der Waals surface area contributed by atoms with Gasteiger partial charge in [0.1, 0.15) is 5.69 Å². The number of carbonyl (C=O) groups is 1. The Morgan fingerprint density at radius 2 is 2.05 bits per heavy atom. The number of anilines is 1. The van der Waals surface area contributed by atoms with Gasteiger partial charge in [-0.2, -0.15) is 11.8 Å². The predicted octanol–water partition coefficient (Wildman–Crippen LogP) is 2.27. The Kier molecular flexibility index (Phi) is 5.19. The number of nitrogens with one attached hydrogen (secondary N) is 2. The zero-order valence-electron chi connectivity index (χ0n) is 10.9. The Hall–Kier alpha value is -1.34. The number of benzene rings is 1. The lowest BCUT2D eigenvalue weighted by atomic mass is 10.1. The molecule has 1 aromatic rings. The van der Waals surface area contributed by atoms with E-state index in [1.807, 2.05) is 17.2 Å². The average Bonchev–Trinajstić information content (AvgIpc) is 2.45. The molecule has 4 N–H and O–H groups in total. The molecule has 1 aromatic carbocycles. The van der Waals surface area contributed by atoms with Crippen molar-refractivity contribution in [3.8, 4) is 0 Å². The molecule has 0 radical (unpaired) electrons. The summed E-state index contributed by atoms with van der Waals surface area (Å²) in [4.78, 5) is 11.9. The van der Waals surface area contributed by atoms with Crippen LogP contribution in [0.3, 0.4) is 0 Å². The zero-order chi connectivity index (χ0) is 14.5. The van der Waals surface area contributed by atoms with E-state index in [0.717, 1.165) is 30.7 Å². The van der Waals surface area contributed by atoms with Gasteiger partial charge in [-0.25, -0.2) is 8.78 Å². The van der Waals surface area contributed by atoms with Gasteiger partial charge in [0.05, 0.1) is 0 Å². The van der Waals surface area contributed by atoms with E-state index in [9.17, 15) is 13.6 Å². The number of carbonyl (C=O) groups excluding carboxylic acids is 1. The van der Waals surface area contributed by atoms with Gasteiger partial charge < -0.3 is 10.7 Å². The quantitative estimate of drug-likeness (QED) is 0.589. The maximum absolute atomic E-state index is 13.5. The molecule has 1 unspecified atom stereocenters. The minimum atomic E-state index is -0.885. The highest BCUT2D eigenvalue weighted by molar-refractivity contribution is 7.99. The third-order valence-corrected chi connectivity index (χ3v) is 4.61. The summed E-state index contributed by atoms with van der Waals surface area (Å²) in [5, 5.41) is 3.10. The van der Waals surface area contributed by atoms with Gasteiger partial charge in [-0.05, 0) is 30.7 Å². The smallest absolute Gasteiger partial charge is 0.251 e. The first-order valence-electron chi connectivity index (χ1n) is 6.47. The molecule has 7 heteroatoms. The SMILES string of the molecule is NNc1c(F)cc(C(=O)NCC2CCCCS2)cc1F. The number of hydrazine groups is 1. The lowest BCUT2D eigenvalue weighted by molar-refractivity contribution is 0.0952. The van der Waals surface area contributed by atoms with Crippen LogP contribution < -0.4 is 16.6 Å². The van der Waals surface area contributed by atoms with Crippen LogP contribution in [0.4, 0.5) is 14.5 Å². The predicted molar refractivity (Wildman–Crippen MR) is 76.6 cm³/mol. The van der Waals surface area contributed by atoms with Gasteiger partial charge in [-0.15, -0.1) is 0 Å². The highest BCUT2D eigenvalue weighted by Gasteiger charge is 2.17. The molecule has 1 heterocycles. The summed E-state index contributed by atoms with van der Waals surface area (Å²) in [5.74, 6) is 3.85. The summed E-state index contributed by atoms with van der Waals surface area (Å²) in [6, 6.07) is 1.95. The third-order valence-electron chi connectivity index (χ3n) is 3.21. The van der Waals surface area contributed by atoms with E-state index in [1.165, 1.54) is 6.42 Å². The second-order valence-corrected chi connectivity index (χ2v) is 6.07. The van der Waals surface area contributed by atoms with Crippen LogP contribution in [0, 0.1) is 11.6 Å². The van der Waals surface area contributed by atoms with Crippen LogP contribution in [-0.4, -0.2) is 23.5 Å². The summed E-state index contributed by atoms with van der Waals surface area (Å²) < 4.78 is 27.0. The van der Waals surface area contributed by atoms with Gasteiger partial charge in [0, 0.05) is 17.4 Å². The van der Waals surface area contributed by atoms with Crippen molar-refractivity contribution < 1.29 is 13.6 Å². The van der Waals surface area contributed by atoms with Crippen LogP contribution in [0.2, 0.25) is 0 Å². The molecular weight excluding hydrogens is 284 g/mol. The van der Waals surface area contributed by atoms with Crippen molar-refractivity contribution in [3.63, 3.8) is 0 Å². The molecule has 0 spiro atoms. The molecule has 1 aliphatic rings. The molecule has 1 fully saturated rings. The van der Waals surface area contributed by atoms with Crippen LogP contribution in [0.25, 0.3) is 0 Å². The first kappa shape index (κ1) is 15.1. The number of rotatable bonds is 4. The van der Waals surface area contributed by atoms with Crippen molar-refractivity contribution >= 4 is 23.4 Å². The molecule has 2 rings (SSSR count). The Balaban J connectivity index is 1.98. The van der Waals surface area contributed by atoms with Crippen LogP contribution in [0.5, 0.6) is 0 Å². The molecule has 0 saturated carbocycles. The minimum absolute atomic E-state index is 0.0418. The summed E-state index contributed by atoms with van der Waals surface area (Å²) in [7, 11) is 0. The fourth-order valence-electron chi connectivity index (χ4n) is 2.12. The second-order valence-electron chi connectivity index (χ2n) is 4.66. The van der Waals surface area contributed by atoms with E-state index in [4.69, 9.17) is 5.84 Å². The monoisotopic (exact) mass is 301 g/mol. The Bertz CT molecular complexity index is 469. The van der Waals surface area contributed by atoms with Crippen LogP contribution in [0.1, 0.15) is 29.6 Å². The standard InChI is InChI=1S/C13H17F2N3OS/c14-10-5-8(6-11(15)12(10)18-16)13(19)17-7-9-3-1-2-4-20-9/h5-6,9,18H,1-4,7,16H2,(H,17,19). The van der Waals surface area contributed by atoms with Crippen molar-refractivity contribution in [1.82, 2.24) is 5.32 Å². The lowest BCUT2D eigenvalue weighted by Crippen LogP contribution is -2.32. The van der Waals surface area contributed by atoms with Gasteiger partial charge in [0.25, 0.3) is 5.91 Å². The highest BCUT2D eigenvalue weighted by Crippen LogP contribution is 2.24. The van der Waals surface area contributed by atoms with E-state index in [0.29, 0.717) is 11.8 Å². The van der Waals surface area contributed by atoms with E-state index in [-0.39, 0.29) is 5.56 Å². The van der Waals surface area contributed by atoms with E-state index < -0.39 is 23.2 Å². The number of hydrogen-bond donors (Lipinski definition) is 3. The van der Waals surface area contributed by atoms with Crippen LogP contribution >= 0.6 is 11.8 Å². The third kappa shape index (κ3) is 3.61. The van der Waals surface area contributed by atoms with E-state index >= 15 is 0 Å². The normalized spacial score (nSPS) is 18.6. The van der Waals surface area contributed by atoms with Crippen LogP contribution in [0.15, 0.2) is 12.1 Å². The zero-order valence-corrected chi connectivity index (χ0v) is 11.7. The summed E-state index contributed by atoms with van der Waals surface area (Å²) in [5.41, 5.74) is 1.45. The number of nitrogens with two attached hydrogens (primary N) is 1. The largest absolute Gasteiger partial charge is 0.351 e. The summed E-state index contributed by atoms with van der Waals surface area (Å²) >= 11 is 1.82. The molecule has 1 aliphatic heterocycles. The van der Waals surface area contributed by atoms with Gasteiger partial charge in [0.15, 0.2) is 11.6 Å². The molecular formula is C13H17F2N3OS. The van der Waals surface area contributed by atoms with Gasteiger partial charge in [-0.3, -0.25) is 10.6 Å². The van der Waals surface area contributed by atoms with E-state index in [1.54, 1.807) is 0 Å². The lowest BCUT2D eigenvalue weighted by Gasteiger charge is -2.21. The van der Waals surface area contributed by atoms with Crippen molar-refractivity contribution in [2.45, 2.75) is 24.5 Å². The van der Waals surface area contributed by atoms with Gasteiger partial charge in [0.2, 0.25) is 0 Å². The molecule has 0 aromatic heterocycles. The topological polar surface area (TPSA) is 67.1 Å². The fourth-order valence-corrected chi connectivity index (χ4v) is 3.36. The van der Waals surface area contributed by atoms with Crippen molar-refractivity contribution in [2.24, 2.45) is 5.84 Å². The molecule has 1 saturated heterocycles.